The maximum absolute atomic E-state index is 15.9. The molecular weight excluding hydrogens is 423 g/mol. The molecule has 164 valence electrons. The Kier molecular flexibility index (Phi) is 5.42. The van der Waals surface area contributed by atoms with Crippen LogP contribution in [0.2, 0.25) is 0 Å². The molecule has 2 aromatic carbocycles. The van der Waals surface area contributed by atoms with Crippen molar-refractivity contribution in [3.63, 3.8) is 0 Å². The number of halogens is 3. The van der Waals surface area contributed by atoms with E-state index in [1.165, 1.54) is 24.9 Å². The summed E-state index contributed by atoms with van der Waals surface area (Å²) >= 11 is 1.49. The number of aliphatic hydroxyl groups is 1. The van der Waals surface area contributed by atoms with Gasteiger partial charge < -0.3 is 10.4 Å². The molecule has 1 aliphatic rings. The quantitative estimate of drug-likeness (QED) is 0.507. The van der Waals surface area contributed by atoms with Crippen LogP contribution in [0.1, 0.15) is 31.7 Å². The van der Waals surface area contributed by atoms with Crippen molar-refractivity contribution in [1.82, 2.24) is 9.97 Å². The van der Waals surface area contributed by atoms with Gasteiger partial charge in [0.25, 0.3) is 5.92 Å². The molecule has 8 heteroatoms. The van der Waals surface area contributed by atoms with Gasteiger partial charge in [-0.25, -0.2) is 23.1 Å². The zero-order valence-electron chi connectivity index (χ0n) is 17.5. The van der Waals surface area contributed by atoms with Gasteiger partial charge in [0.1, 0.15) is 5.82 Å². The van der Waals surface area contributed by atoms with Crippen LogP contribution in [0.15, 0.2) is 53.6 Å². The molecule has 0 saturated heterocycles. The lowest BCUT2D eigenvalue weighted by Crippen LogP contribution is -2.64. The van der Waals surface area contributed by atoms with Gasteiger partial charge in [0.15, 0.2) is 5.60 Å². The van der Waals surface area contributed by atoms with E-state index in [1.807, 2.05) is 0 Å². The third-order valence-corrected chi connectivity index (χ3v) is 7.27. The van der Waals surface area contributed by atoms with Crippen molar-refractivity contribution in [2.45, 2.75) is 55.3 Å². The molecule has 4 rings (SSSR count). The number of nitrogens with one attached hydrogen (secondary N) is 1. The normalized spacial score (nSPS) is 21.9. The lowest BCUT2D eigenvalue weighted by atomic mass is 9.68. The molecule has 2 N–H and O–H groups in total. The molecule has 3 aromatic rings. The van der Waals surface area contributed by atoms with Crippen LogP contribution >= 0.6 is 11.8 Å². The van der Waals surface area contributed by atoms with Crippen LogP contribution in [-0.4, -0.2) is 38.6 Å². The summed E-state index contributed by atoms with van der Waals surface area (Å²) in [6.45, 7) is 3.98. The first-order valence-electron chi connectivity index (χ1n) is 10.0. The number of hydrogen-bond donors (Lipinski definition) is 2. The second-order valence-corrected chi connectivity index (χ2v) is 9.45. The van der Waals surface area contributed by atoms with Crippen molar-refractivity contribution < 1.29 is 18.3 Å². The minimum absolute atomic E-state index is 0.117. The van der Waals surface area contributed by atoms with Crippen molar-refractivity contribution in [2.75, 3.05) is 11.1 Å². The summed E-state index contributed by atoms with van der Waals surface area (Å²) in [5.74, 6) is -2.76. The van der Waals surface area contributed by atoms with E-state index in [0.29, 0.717) is 28.0 Å². The Labute approximate surface area is 183 Å². The van der Waals surface area contributed by atoms with Crippen LogP contribution in [0.25, 0.3) is 10.9 Å². The standard InChI is InChI=1S/C23H24F3N3OS/c1-14-27-13-15-17(28-14)8-6-9-18(15)29-20(24)22(3,30)23(25,26)21(2)11-12-31-19-10-5-4-7-16(19)21/h4-10,13,20,29-30H,11-12H2,1-3H3. The summed E-state index contributed by atoms with van der Waals surface area (Å²) in [5, 5.41) is 13.8. The molecule has 3 atom stereocenters. The molecule has 0 aliphatic carbocycles. The summed E-state index contributed by atoms with van der Waals surface area (Å²) in [5.41, 5.74) is -3.47. The first-order valence-corrected chi connectivity index (χ1v) is 11.0. The van der Waals surface area contributed by atoms with Gasteiger partial charge in [-0.3, -0.25) is 0 Å². The third-order valence-electron chi connectivity index (χ3n) is 6.19. The van der Waals surface area contributed by atoms with Crippen molar-refractivity contribution >= 4 is 28.4 Å². The van der Waals surface area contributed by atoms with Crippen LogP contribution in [0.3, 0.4) is 0 Å². The molecule has 4 nitrogen and oxygen atoms in total. The molecule has 2 heterocycles. The summed E-state index contributed by atoms with van der Waals surface area (Å²) < 4.78 is 47.2. The Morgan fingerprint density at radius 1 is 1.19 bits per heavy atom. The third kappa shape index (κ3) is 3.46. The van der Waals surface area contributed by atoms with Gasteiger partial charge in [0, 0.05) is 22.2 Å². The highest BCUT2D eigenvalue weighted by atomic mass is 32.2. The zero-order valence-corrected chi connectivity index (χ0v) is 18.3. The van der Waals surface area contributed by atoms with Crippen LogP contribution in [0.4, 0.5) is 18.9 Å². The first-order chi connectivity index (χ1) is 14.6. The van der Waals surface area contributed by atoms with Gasteiger partial charge in [-0.2, -0.15) is 0 Å². The lowest BCUT2D eigenvalue weighted by molar-refractivity contribution is -0.232. The maximum atomic E-state index is 15.9. The number of aryl methyl sites for hydroxylation is 1. The Morgan fingerprint density at radius 2 is 1.94 bits per heavy atom. The van der Waals surface area contributed by atoms with Crippen molar-refractivity contribution in [1.29, 1.82) is 0 Å². The van der Waals surface area contributed by atoms with Crippen molar-refractivity contribution in [3.8, 4) is 0 Å². The van der Waals surface area contributed by atoms with Crippen LogP contribution in [0, 0.1) is 6.92 Å². The van der Waals surface area contributed by atoms with Gasteiger partial charge in [-0.15, -0.1) is 11.8 Å². The van der Waals surface area contributed by atoms with E-state index in [-0.39, 0.29) is 12.1 Å². The molecule has 3 unspecified atom stereocenters. The molecule has 0 bridgehead atoms. The minimum atomic E-state index is -3.76. The fourth-order valence-corrected chi connectivity index (χ4v) is 5.50. The second-order valence-electron chi connectivity index (χ2n) is 8.31. The molecule has 31 heavy (non-hydrogen) atoms. The van der Waals surface area contributed by atoms with Gasteiger partial charge in [-0.1, -0.05) is 24.3 Å². The van der Waals surface area contributed by atoms with E-state index in [4.69, 9.17) is 0 Å². The Balaban J connectivity index is 1.69. The molecule has 0 fully saturated rings. The highest BCUT2D eigenvalue weighted by molar-refractivity contribution is 7.99. The monoisotopic (exact) mass is 447 g/mol. The fraction of sp³-hybridized carbons (Fsp3) is 0.391. The van der Waals surface area contributed by atoms with Crippen LogP contribution in [-0.2, 0) is 5.41 Å². The van der Waals surface area contributed by atoms with E-state index in [9.17, 15) is 5.11 Å². The molecule has 0 saturated carbocycles. The predicted octanol–water partition coefficient (Wildman–Crippen LogP) is 5.49. The number of benzene rings is 2. The van der Waals surface area contributed by atoms with E-state index >= 15 is 13.2 Å². The van der Waals surface area contributed by atoms with E-state index in [1.54, 1.807) is 49.4 Å². The van der Waals surface area contributed by atoms with E-state index < -0.39 is 23.2 Å². The zero-order chi connectivity index (χ0) is 22.4. The van der Waals surface area contributed by atoms with Gasteiger partial charge >= 0.3 is 0 Å². The molecule has 0 amide bonds. The second kappa shape index (κ2) is 7.67. The highest BCUT2D eigenvalue weighted by Gasteiger charge is 2.66. The first kappa shape index (κ1) is 21.9. The molecular formula is C23H24F3N3OS. The molecule has 1 aromatic heterocycles. The number of thioether (sulfide) groups is 1. The maximum Gasteiger partial charge on any atom is 0.289 e. The van der Waals surface area contributed by atoms with Gasteiger partial charge in [-0.05, 0) is 56.7 Å². The number of hydrogen-bond acceptors (Lipinski definition) is 5. The number of nitrogens with zero attached hydrogens (tertiary/aromatic N) is 2. The lowest BCUT2D eigenvalue weighted by Gasteiger charge is -2.48. The number of alkyl halides is 3. The largest absolute Gasteiger partial charge is 0.379 e. The van der Waals surface area contributed by atoms with E-state index in [0.717, 1.165) is 11.8 Å². The number of fused-ring (bicyclic) bond motifs is 2. The smallest absolute Gasteiger partial charge is 0.289 e. The van der Waals surface area contributed by atoms with Gasteiger partial charge in [0.05, 0.1) is 10.9 Å². The van der Waals surface area contributed by atoms with Crippen molar-refractivity contribution in [3.05, 3.63) is 60.0 Å². The summed E-state index contributed by atoms with van der Waals surface area (Å²) in [4.78, 5) is 9.12. The van der Waals surface area contributed by atoms with Crippen molar-refractivity contribution in [2.24, 2.45) is 0 Å². The molecule has 0 radical (unpaired) electrons. The predicted molar refractivity (Wildman–Crippen MR) is 117 cm³/mol. The SMILES string of the molecule is Cc1ncc2c(NC(F)C(C)(O)C(F)(F)C3(C)CCSc4ccccc43)cccc2n1. The Bertz CT molecular complexity index is 1120. The van der Waals surface area contributed by atoms with Gasteiger partial charge in [0.2, 0.25) is 6.30 Å². The van der Waals surface area contributed by atoms with E-state index in [2.05, 4.69) is 15.3 Å². The average molecular weight is 448 g/mol. The van der Waals surface area contributed by atoms with Crippen LogP contribution in [0.5, 0.6) is 0 Å². The minimum Gasteiger partial charge on any atom is -0.379 e. The number of aromatic nitrogens is 2. The fourth-order valence-electron chi connectivity index (χ4n) is 4.14. The highest BCUT2D eigenvalue weighted by Crippen LogP contribution is 2.54. The topological polar surface area (TPSA) is 58.0 Å². The molecule has 0 spiro atoms. The van der Waals surface area contributed by atoms with Crippen LogP contribution < -0.4 is 5.32 Å². The molecule has 1 aliphatic heterocycles. The number of rotatable bonds is 5. The Hall–Kier alpha value is -2.32. The number of anilines is 1. The summed E-state index contributed by atoms with van der Waals surface area (Å²) in [7, 11) is 0. The Morgan fingerprint density at radius 3 is 2.71 bits per heavy atom. The average Bonchev–Trinajstić information content (AvgIpc) is 2.73. The summed E-state index contributed by atoms with van der Waals surface area (Å²) in [6.07, 6.45) is -0.811. The summed E-state index contributed by atoms with van der Waals surface area (Å²) in [6, 6.07) is 11.8.